The molecule has 0 unspecified atom stereocenters. The van der Waals surface area contributed by atoms with E-state index >= 15 is 0 Å². The van der Waals surface area contributed by atoms with E-state index < -0.39 is 0 Å². The number of hydrogen-bond donors (Lipinski definition) is 0. The Morgan fingerprint density at radius 2 is 2.41 bits per heavy atom. The number of hydrogen-bond acceptors (Lipinski definition) is 5. The summed E-state index contributed by atoms with van der Waals surface area (Å²) in [4.78, 5) is 23.2. The molecule has 0 radical (unpaired) electrons. The fourth-order valence-corrected chi connectivity index (χ4v) is 3.93. The highest BCUT2D eigenvalue weighted by Crippen LogP contribution is 2.27. The second kappa shape index (κ2) is 6.87. The summed E-state index contributed by atoms with van der Waals surface area (Å²) < 4.78 is 0.743. The zero-order valence-corrected chi connectivity index (χ0v) is 14.9. The van der Waals surface area contributed by atoms with Gasteiger partial charge in [0, 0.05) is 48.5 Å². The number of Topliss-reactive ketones (excluding diaryl/α,β-unsaturated/α-hetero) is 1. The van der Waals surface area contributed by atoms with Crippen LogP contribution in [0.5, 0.6) is 0 Å². The third kappa shape index (κ3) is 3.55. The van der Waals surface area contributed by atoms with E-state index in [0.717, 1.165) is 28.3 Å². The first-order valence-corrected chi connectivity index (χ1v) is 9.13. The molecule has 2 aromatic rings. The lowest BCUT2D eigenvalue weighted by molar-refractivity contribution is 0.0988. The smallest absolute Gasteiger partial charge is 0.186 e. The first kappa shape index (κ1) is 15.6. The normalized spacial score (nSPS) is 18.5. The molecule has 0 spiro atoms. The van der Waals surface area contributed by atoms with Crippen molar-refractivity contribution in [1.29, 1.82) is 0 Å². The maximum Gasteiger partial charge on any atom is 0.186 e. The molecule has 2 aromatic heterocycles. The summed E-state index contributed by atoms with van der Waals surface area (Å²) in [5.41, 5.74) is 2.66. The van der Waals surface area contributed by atoms with Crippen LogP contribution < -0.4 is 4.90 Å². The maximum atomic E-state index is 12.4. The number of pyridine rings is 1. The van der Waals surface area contributed by atoms with E-state index in [1.54, 1.807) is 5.38 Å². The highest BCUT2D eigenvalue weighted by atomic mass is 79.9. The van der Waals surface area contributed by atoms with Crippen molar-refractivity contribution >= 4 is 38.7 Å². The van der Waals surface area contributed by atoms with Crippen molar-refractivity contribution in [3.05, 3.63) is 39.0 Å². The number of piperidine rings is 1. The fraction of sp³-hybridized carbons (Fsp3) is 0.438. The summed E-state index contributed by atoms with van der Waals surface area (Å²) in [6, 6.07) is 2.03. The van der Waals surface area contributed by atoms with Gasteiger partial charge < -0.3 is 4.90 Å². The van der Waals surface area contributed by atoms with Crippen LogP contribution >= 0.6 is 27.3 Å². The number of ketones is 1. The lowest BCUT2D eigenvalue weighted by atomic mass is 9.98. The van der Waals surface area contributed by atoms with E-state index in [2.05, 4.69) is 37.7 Å². The SMILES string of the molecule is C[C@H]1CCCN(c2ccncc2CC(=O)c2csc(Br)n2)C1. The predicted molar refractivity (Wildman–Crippen MR) is 92.7 cm³/mol. The van der Waals surface area contributed by atoms with Gasteiger partial charge >= 0.3 is 0 Å². The summed E-state index contributed by atoms with van der Waals surface area (Å²) in [6.07, 6.45) is 6.46. The first-order valence-electron chi connectivity index (χ1n) is 7.45. The van der Waals surface area contributed by atoms with Crippen molar-refractivity contribution in [2.45, 2.75) is 26.2 Å². The van der Waals surface area contributed by atoms with Crippen LogP contribution in [0.25, 0.3) is 0 Å². The van der Waals surface area contributed by atoms with Gasteiger partial charge in [-0.05, 0) is 40.8 Å². The van der Waals surface area contributed by atoms with Gasteiger partial charge in [0.1, 0.15) is 5.69 Å². The standard InChI is InChI=1S/C16H18BrN3OS/c1-11-3-2-6-20(9-11)14-4-5-18-8-12(14)7-15(21)13-10-22-16(17)19-13/h4-5,8,10-11H,2-3,6-7,9H2,1H3/t11-/m0/s1. The van der Waals surface area contributed by atoms with E-state index in [4.69, 9.17) is 0 Å². The molecular formula is C16H18BrN3OS. The Morgan fingerprint density at radius 3 is 3.14 bits per heavy atom. The van der Waals surface area contributed by atoms with Crippen molar-refractivity contribution in [1.82, 2.24) is 9.97 Å². The van der Waals surface area contributed by atoms with Crippen molar-refractivity contribution in [2.24, 2.45) is 5.92 Å². The first-order chi connectivity index (χ1) is 10.6. The number of aromatic nitrogens is 2. The quantitative estimate of drug-likeness (QED) is 0.754. The van der Waals surface area contributed by atoms with Crippen LogP contribution in [0.4, 0.5) is 5.69 Å². The molecule has 0 N–H and O–H groups in total. The molecule has 3 heterocycles. The summed E-state index contributed by atoms with van der Waals surface area (Å²) in [6.45, 7) is 4.39. The zero-order chi connectivity index (χ0) is 15.5. The van der Waals surface area contributed by atoms with Gasteiger partial charge in [-0.1, -0.05) is 6.92 Å². The molecule has 1 fully saturated rings. The minimum atomic E-state index is 0.0428. The second-order valence-electron chi connectivity index (χ2n) is 5.78. The molecule has 3 rings (SSSR count). The van der Waals surface area contributed by atoms with E-state index in [1.807, 2.05) is 18.5 Å². The van der Waals surface area contributed by atoms with Crippen LogP contribution in [0.3, 0.4) is 0 Å². The topological polar surface area (TPSA) is 46.1 Å². The van der Waals surface area contributed by atoms with Crippen LogP contribution in [-0.2, 0) is 6.42 Å². The van der Waals surface area contributed by atoms with Crippen LogP contribution in [0.1, 0.15) is 35.8 Å². The third-order valence-corrected chi connectivity index (χ3v) is 5.35. The van der Waals surface area contributed by atoms with E-state index in [9.17, 15) is 4.79 Å². The monoisotopic (exact) mass is 379 g/mol. The number of rotatable bonds is 4. The lowest BCUT2D eigenvalue weighted by Gasteiger charge is -2.34. The third-order valence-electron chi connectivity index (χ3n) is 3.99. The molecule has 1 atom stereocenters. The summed E-state index contributed by atoms with van der Waals surface area (Å²) in [5.74, 6) is 0.737. The number of halogens is 1. The molecule has 0 aliphatic carbocycles. The highest BCUT2D eigenvalue weighted by molar-refractivity contribution is 9.11. The number of carbonyl (C=O) groups is 1. The highest BCUT2D eigenvalue weighted by Gasteiger charge is 2.20. The lowest BCUT2D eigenvalue weighted by Crippen LogP contribution is -2.35. The number of thiazole rings is 1. The maximum absolute atomic E-state index is 12.4. The molecule has 116 valence electrons. The molecule has 0 amide bonds. The van der Waals surface area contributed by atoms with E-state index in [0.29, 0.717) is 18.0 Å². The molecule has 1 aliphatic rings. The minimum Gasteiger partial charge on any atom is -0.371 e. The van der Waals surface area contributed by atoms with Crippen LogP contribution in [0.15, 0.2) is 27.8 Å². The van der Waals surface area contributed by atoms with Gasteiger partial charge in [-0.15, -0.1) is 11.3 Å². The molecule has 0 bridgehead atoms. The Kier molecular flexibility index (Phi) is 4.88. The largest absolute Gasteiger partial charge is 0.371 e. The van der Waals surface area contributed by atoms with Crippen LogP contribution in [0.2, 0.25) is 0 Å². The van der Waals surface area contributed by atoms with Crippen molar-refractivity contribution < 1.29 is 4.79 Å². The van der Waals surface area contributed by atoms with Crippen molar-refractivity contribution in [3.8, 4) is 0 Å². The van der Waals surface area contributed by atoms with Gasteiger partial charge in [0.25, 0.3) is 0 Å². The summed E-state index contributed by atoms with van der Waals surface area (Å²) in [7, 11) is 0. The average molecular weight is 380 g/mol. The van der Waals surface area contributed by atoms with Gasteiger partial charge in [0.2, 0.25) is 0 Å². The Morgan fingerprint density at radius 1 is 1.55 bits per heavy atom. The molecule has 0 aromatic carbocycles. The van der Waals surface area contributed by atoms with Gasteiger partial charge in [-0.3, -0.25) is 9.78 Å². The number of anilines is 1. The number of carbonyl (C=O) groups excluding carboxylic acids is 1. The molecule has 6 heteroatoms. The Balaban J connectivity index is 1.80. The van der Waals surface area contributed by atoms with Crippen molar-refractivity contribution in [2.75, 3.05) is 18.0 Å². The molecule has 0 saturated carbocycles. The Bertz CT molecular complexity index is 673. The Hall–Kier alpha value is -1.27. The zero-order valence-electron chi connectivity index (χ0n) is 12.5. The minimum absolute atomic E-state index is 0.0428. The van der Waals surface area contributed by atoms with Crippen molar-refractivity contribution in [3.63, 3.8) is 0 Å². The Labute approximate surface area is 142 Å². The predicted octanol–water partition coefficient (Wildman–Crippen LogP) is 3.96. The molecule has 1 saturated heterocycles. The number of nitrogens with zero attached hydrogens (tertiary/aromatic N) is 3. The summed E-state index contributed by atoms with van der Waals surface area (Å²) >= 11 is 4.74. The van der Waals surface area contributed by atoms with Crippen LogP contribution in [0, 0.1) is 5.92 Å². The van der Waals surface area contributed by atoms with Gasteiger partial charge in [-0.2, -0.15) is 0 Å². The molecule has 4 nitrogen and oxygen atoms in total. The van der Waals surface area contributed by atoms with Crippen LogP contribution in [-0.4, -0.2) is 28.8 Å². The molecule has 1 aliphatic heterocycles. The van der Waals surface area contributed by atoms with Gasteiger partial charge in [-0.25, -0.2) is 4.98 Å². The fourth-order valence-electron chi connectivity index (χ4n) is 2.92. The molecular weight excluding hydrogens is 362 g/mol. The average Bonchev–Trinajstić information content (AvgIpc) is 2.94. The van der Waals surface area contributed by atoms with Gasteiger partial charge in [0.15, 0.2) is 9.70 Å². The second-order valence-corrected chi connectivity index (χ2v) is 7.92. The van der Waals surface area contributed by atoms with E-state index in [1.165, 1.54) is 24.2 Å². The van der Waals surface area contributed by atoms with E-state index in [-0.39, 0.29) is 5.78 Å². The summed E-state index contributed by atoms with van der Waals surface area (Å²) in [5, 5.41) is 1.80. The van der Waals surface area contributed by atoms with Gasteiger partial charge in [0.05, 0.1) is 0 Å². The molecule has 22 heavy (non-hydrogen) atoms.